The van der Waals surface area contributed by atoms with Crippen LogP contribution in [0.3, 0.4) is 0 Å². The fraction of sp³-hybridized carbons (Fsp3) is 0.238. The number of hydrogen-bond donors (Lipinski definition) is 0. The van der Waals surface area contributed by atoms with Gasteiger partial charge in [0, 0.05) is 31.5 Å². The highest BCUT2D eigenvalue weighted by molar-refractivity contribution is 6.24. The molecular formula is C42H36O. The SMILES string of the molecule is [2H]c1c([2H])c([2H])c(C2C([2H])C([2H])C([2H])C3C([2H])C([2H])C([2H])C([2H])C23)c(-c2c3c([2H])c([2H])c([2H])c([2H])c3c(-c3c([2H])c([2H])c([2H])c4c3oc3c([2H])c([2H])c([2H])c([2H])c34)c3c([2H])c([2H])c([2H])c([2H])c23)c1[2H]. The molecule has 0 aliphatic heterocycles. The van der Waals surface area contributed by atoms with Crippen molar-refractivity contribution in [3.63, 3.8) is 0 Å². The van der Waals surface area contributed by atoms with Crippen molar-refractivity contribution < 1.29 is 40.1 Å². The molecule has 0 bridgehead atoms. The Bertz CT molecular complexity index is 3370. The zero-order chi connectivity index (χ0) is 51.0. The molecule has 1 aromatic heterocycles. The molecule has 0 amide bonds. The van der Waals surface area contributed by atoms with Crippen molar-refractivity contribution in [1.82, 2.24) is 0 Å². The molecule has 9 rings (SSSR count). The molecule has 210 valence electrons. The Morgan fingerprint density at radius 2 is 1.07 bits per heavy atom. The Balaban J connectivity index is 1.60. The summed E-state index contributed by atoms with van der Waals surface area (Å²) >= 11 is 0. The van der Waals surface area contributed by atoms with Gasteiger partial charge in [0.2, 0.25) is 0 Å². The second kappa shape index (κ2) is 10.1. The zero-order valence-corrected chi connectivity index (χ0v) is 22.2. The van der Waals surface area contributed by atoms with Crippen LogP contribution >= 0.6 is 0 Å². The number of furan rings is 1. The van der Waals surface area contributed by atoms with Crippen molar-refractivity contribution in [2.75, 3.05) is 0 Å². The molecular weight excluding hydrogens is 520 g/mol. The lowest BCUT2D eigenvalue weighted by Crippen LogP contribution is -2.30. The third kappa shape index (κ3) is 3.91. The van der Waals surface area contributed by atoms with Crippen LogP contribution in [0.4, 0.5) is 0 Å². The average molecular weight is 583 g/mol. The van der Waals surface area contributed by atoms with Gasteiger partial charge >= 0.3 is 0 Å². The van der Waals surface area contributed by atoms with E-state index in [-0.39, 0.29) is 0 Å². The molecule has 10 unspecified atom stereocenters. The number of hydrogen-bond acceptors (Lipinski definition) is 1. The summed E-state index contributed by atoms with van der Waals surface area (Å²) in [6.45, 7) is 0. The van der Waals surface area contributed by atoms with Crippen LogP contribution in [0.15, 0.2) is 119 Å². The van der Waals surface area contributed by atoms with Gasteiger partial charge in [-0.05, 0) is 74.8 Å². The van der Waals surface area contributed by atoms with Gasteiger partial charge in [0.1, 0.15) is 11.2 Å². The molecule has 0 saturated heterocycles. The lowest BCUT2D eigenvalue weighted by Gasteiger charge is -2.42. The quantitative estimate of drug-likeness (QED) is 0.189. The summed E-state index contributed by atoms with van der Waals surface area (Å²) < 4.78 is 242. The maximum Gasteiger partial charge on any atom is 0.143 e. The van der Waals surface area contributed by atoms with Crippen LogP contribution in [-0.2, 0) is 0 Å². The van der Waals surface area contributed by atoms with Crippen LogP contribution < -0.4 is 0 Å². The van der Waals surface area contributed by atoms with Gasteiger partial charge < -0.3 is 4.42 Å². The molecule has 2 fully saturated rings. The molecule has 43 heavy (non-hydrogen) atoms. The molecule has 0 radical (unpaired) electrons. The average Bonchev–Trinajstić information content (AvgIpc) is 3.73. The minimum absolute atomic E-state index is 0.412. The highest BCUT2D eigenvalue weighted by atomic mass is 16.3. The standard InChI is InChI=1S/C42H36O/c1-2-15-28-27(13-1)14-11-23-29(28)30-16-3-4-18-32(30)40-33-19-5-7-21-35(33)41(36-22-8-6-20-34(36)40)38-25-12-24-37-31-17-9-10-26-39(31)43-42(37)38/h3-10,12,16-22,24-29H,1-2,11,13-15,23H2/i1D,2D,3D,4D,5D,6D,7D,8D,9D,10D,11D,12D,13D,14D,15D,16D,17D,18D,19D,20D,21D,22D,23D,24D,25D,26D. The molecule has 7 aromatic rings. The Kier molecular flexibility index (Phi) is 2.44. The van der Waals surface area contributed by atoms with Crippen molar-refractivity contribution in [3.05, 3.63) is 120 Å². The van der Waals surface area contributed by atoms with Crippen LogP contribution in [0, 0.1) is 11.8 Å². The molecule has 0 N–H and O–H groups in total. The van der Waals surface area contributed by atoms with Gasteiger partial charge in [-0.1, -0.05) is 141 Å². The van der Waals surface area contributed by atoms with E-state index in [1.807, 2.05) is 0 Å². The number of fused-ring (bicyclic) bond motifs is 6. The van der Waals surface area contributed by atoms with Crippen LogP contribution in [-0.4, -0.2) is 0 Å². The van der Waals surface area contributed by atoms with Gasteiger partial charge in [-0.2, -0.15) is 0 Å². The third-order valence-corrected chi connectivity index (χ3v) is 8.15. The Morgan fingerprint density at radius 1 is 0.512 bits per heavy atom. The van der Waals surface area contributed by atoms with Gasteiger partial charge in [-0.3, -0.25) is 0 Å². The predicted molar refractivity (Wildman–Crippen MR) is 182 cm³/mol. The molecule has 1 heteroatoms. The fourth-order valence-corrected chi connectivity index (χ4v) is 6.32. The maximum absolute atomic E-state index is 9.59. The van der Waals surface area contributed by atoms with Gasteiger partial charge in [0.05, 0.1) is 26.0 Å². The molecule has 2 saturated carbocycles. The first-order valence-corrected chi connectivity index (χ1v) is 13.6. The van der Waals surface area contributed by atoms with Crippen LogP contribution in [0.5, 0.6) is 0 Å². The van der Waals surface area contributed by atoms with E-state index in [9.17, 15) is 12.3 Å². The lowest BCUT2D eigenvalue weighted by atomic mass is 9.63. The summed E-state index contributed by atoms with van der Waals surface area (Å²) in [6.07, 6.45) is -11.6. The van der Waals surface area contributed by atoms with E-state index in [2.05, 4.69) is 0 Å². The topological polar surface area (TPSA) is 13.1 Å². The fourth-order valence-electron chi connectivity index (χ4n) is 6.32. The van der Waals surface area contributed by atoms with E-state index >= 15 is 0 Å². The number of para-hydroxylation sites is 2. The van der Waals surface area contributed by atoms with Gasteiger partial charge in [-0.15, -0.1) is 0 Å². The smallest absolute Gasteiger partial charge is 0.143 e. The van der Waals surface area contributed by atoms with Gasteiger partial charge in [0.15, 0.2) is 0 Å². The first kappa shape index (κ1) is 10.4. The lowest BCUT2D eigenvalue weighted by molar-refractivity contribution is 0.144. The summed E-state index contributed by atoms with van der Waals surface area (Å²) in [4.78, 5) is 0. The summed E-state index contributed by atoms with van der Waals surface area (Å²) in [6, 6.07) is -17.1. The molecule has 6 aromatic carbocycles. The van der Waals surface area contributed by atoms with Crippen molar-refractivity contribution in [3.8, 4) is 22.3 Å². The summed E-state index contributed by atoms with van der Waals surface area (Å²) in [5, 5.41) is -3.63. The molecule has 1 heterocycles. The van der Waals surface area contributed by atoms with Gasteiger partial charge in [0.25, 0.3) is 0 Å². The summed E-state index contributed by atoms with van der Waals surface area (Å²) in [5.74, 6) is -4.60. The predicted octanol–water partition coefficient (Wildman–Crippen LogP) is 12.3. The molecule has 2 aliphatic rings. The Labute approximate surface area is 289 Å². The second-order valence-electron chi connectivity index (χ2n) is 10.3. The normalized spacial score (nSPS) is 41.1. The van der Waals surface area contributed by atoms with Crippen LogP contribution in [0.25, 0.3) is 65.7 Å². The van der Waals surface area contributed by atoms with E-state index < -0.39 is 249 Å². The molecule has 1 nitrogen and oxygen atoms in total. The van der Waals surface area contributed by atoms with Crippen LogP contribution in [0.2, 0.25) is 0 Å². The van der Waals surface area contributed by atoms with E-state index in [0.29, 0.717) is 0 Å². The second-order valence-corrected chi connectivity index (χ2v) is 10.3. The largest absolute Gasteiger partial charge is 0.455 e. The highest BCUT2D eigenvalue weighted by Gasteiger charge is 2.36. The number of benzene rings is 6. The zero-order valence-electron chi connectivity index (χ0n) is 48.2. The monoisotopic (exact) mass is 582 g/mol. The van der Waals surface area contributed by atoms with Crippen molar-refractivity contribution in [2.24, 2.45) is 11.8 Å². The highest BCUT2D eigenvalue weighted by Crippen LogP contribution is 2.52. The maximum atomic E-state index is 9.59. The molecule has 2 aliphatic carbocycles. The van der Waals surface area contributed by atoms with Crippen LogP contribution in [0.1, 0.15) is 91.9 Å². The summed E-state index contributed by atoms with van der Waals surface area (Å²) in [5.41, 5.74) is -4.42. The van der Waals surface area contributed by atoms with E-state index in [1.54, 1.807) is 0 Å². The van der Waals surface area contributed by atoms with Gasteiger partial charge in [-0.25, -0.2) is 0 Å². The Hall–Kier alpha value is -4.36. The van der Waals surface area contributed by atoms with E-state index in [4.69, 9.17) is 27.7 Å². The van der Waals surface area contributed by atoms with Crippen molar-refractivity contribution >= 4 is 43.5 Å². The molecule has 10 atom stereocenters. The number of rotatable bonds is 3. The van der Waals surface area contributed by atoms with E-state index in [0.717, 1.165) is 0 Å². The summed E-state index contributed by atoms with van der Waals surface area (Å²) in [7, 11) is 0. The first-order valence-electron chi connectivity index (χ1n) is 27.2. The molecule has 0 spiro atoms. The third-order valence-electron chi connectivity index (χ3n) is 8.15. The minimum Gasteiger partial charge on any atom is -0.455 e. The van der Waals surface area contributed by atoms with E-state index in [1.165, 1.54) is 0 Å². The Morgan fingerprint density at radius 3 is 1.84 bits per heavy atom. The van der Waals surface area contributed by atoms with Crippen molar-refractivity contribution in [2.45, 2.75) is 50.7 Å². The van der Waals surface area contributed by atoms with Crippen molar-refractivity contribution in [1.29, 1.82) is 0 Å². The minimum atomic E-state index is -1.84. The first-order chi connectivity index (χ1) is 32.2.